The minimum absolute atomic E-state index is 0.159. The van der Waals surface area contributed by atoms with Gasteiger partial charge in [0.15, 0.2) is 0 Å². The van der Waals surface area contributed by atoms with E-state index >= 15 is 0 Å². The van der Waals surface area contributed by atoms with E-state index in [1.54, 1.807) is 32.9 Å². The predicted molar refractivity (Wildman–Crippen MR) is 97.1 cm³/mol. The average molecular weight is 349 g/mol. The lowest BCUT2D eigenvalue weighted by molar-refractivity contribution is 0.0500. The molecule has 7 heteroatoms. The number of rotatable bonds is 9. The van der Waals surface area contributed by atoms with Crippen LogP contribution >= 0.6 is 0 Å². The summed E-state index contributed by atoms with van der Waals surface area (Å²) in [7, 11) is 0. The molecule has 0 radical (unpaired) electrons. The first-order chi connectivity index (χ1) is 11.8. The highest BCUT2D eigenvalue weighted by molar-refractivity contribution is 5.94. The molecule has 0 unspecified atom stereocenters. The number of ether oxygens (including phenoxy) is 2. The maximum absolute atomic E-state index is 11.9. The van der Waals surface area contributed by atoms with Gasteiger partial charge in [0.2, 0.25) is 0 Å². The second-order valence-electron chi connectivity index (χ2n) is 6.38. The van der Waals surface area contributed by atoms with Crippen LogP contribution in [0.1, 0.15) is 36.7 Å². The molecule has 0 bridgehead atoms. The Balaban J connectivity index is 2.12. The zero-order valence-corrected chi connectivity index (χ0v) is 15.1. The van der Waals surface area contributed by atoms with Crippen LogP contribution in [0.5, 0.6) is 0 Å². The molecular formula is C18H27N3O4. The molecule has 0 saturated carbocycles. The molecule has 7 nitrogen and oxygen atoms in total. The largest absolute Gasteiger partial charge is 0.444 e. The van der Waals surface area contributed by atoms with Crippen LogP contribution in [0.3, 0.4) is 0 Å². The molecule has 0 atom stereocenters. The molecule has 0 fully saturated rings. The van der Waals surface area contributed by atoms with Crippen LogP contribution in [0, 0.1) is 0 Å². The van der Waals surface area contributed by atoms with E-state index < -0.39 is 11.7 Å². The number of nitrogens with zero attached hydrogens (tertiary/aromatic N) is 1. The molecule has 1 aromatic carbocycles. The third kappa shape index (κ3) is 9.46. The standard InChI is InChI=1S/C18H27N3O4/c1-18(2,3)25-17(23)21-10-12-24-11-9-20-16(22)15-7-5-14(6-8-15)13-19-4/h5-8H,4,9-13H2,1-3H3,(H,20,22)(H,21,23). The molecule has 2 amide bonds. The van der Waals surface area contributed by atoms with E-state index in [1.165, 1.54) is 0 Å². The number of carbonyl (C=O) groups excluding carboxylic acids is 2. The van der Waals surface area contributed by atoms with Gasteiger partial charge in [0.05, 0.1) is 19.8 Å². The molecule has 0 spiro atoms. The number of aliphatic imine (C=N–C) groups is 1. The maximum Gasteiger partial charge on any atom is 0.407 e. The highest BCUT2D eigenvalue weighted by Gasteiger charge is 2.15. The second kappa shape index (κ2) is 10.5. The van der Waals surface area contributed by atoms with Gasteiger partial charge < -0.3 is 20.1 Å². The molecule has 1 aromatic rings. The van der Waals surface area contributed by atoms with Crippen molar-refractivity contribution in [3.8, 4) is 0 Å². The molecule has 0 heterocycles. The second-order valence-corrected chi connectivity index (χ2v) is 6.38. The summed E-state index contributed by atoms with van der Waals surface area (Å²) in [6, 6.07) is 7.20. The Labute approximate surface area is 148 Å². The summed E-state index contributed by atoms with van der Waals surface area (Å²) in [6.45, 7) is 10.8. The van der Waals surface area contributed by atoms with Gasteiger partial charge in [-0.1, -0.05) is 12.1 Å². The van der Waals surface area contributed by atoms with Gasteiger partial charge in [0.25, 0.3) is 5.91 Å². The first-order valence-corrected chi connectivity index (χ1v) is 8.16. The van der Waals surface area contributed by atoms with Crippen molar-refractivity contribution in [3.05, 3.63) is 35.4 Å². The lowest BCUT2D eigenvalue weighted by Crippen LogP contribution is -2.34. The van der Waals surface area contributed by atoms with Crippen molar-refractivity contribution in [1.29, 1.82) is 0 Å². The summed E-state index contributed by atoms with van der Waals surface area (Å²) in [5.41, 5.74) is 1.07. The number of amides is 2. The SMILES string of the molecule is C=NCc1ccc(C(=O)NCCOCCNC(=O)OC(C)(C)C)cc1. The summed E-state index contributed by atoms with van der Waals surface area (Å²) in [5, 5.41) is 5.36. The average Bonchev–Trinajstić information content (AvgIpc) is 2.53. The van der Waals surface area contributed by atoms with Gasteiger partial charge in [-0.25, -0.2) is 4.79 Å². The van der Waals surface area contributed by atoms with E-state index in [0.29, 0.717) is 38.4 Å². The number of benzene rings is 1. The van der Waals surface area contributed by atoms with Crippen LogP contribution in [0.2, 0.25) is 0 Å². The smallest absolute Gasteiger partial charge is 0.407 e. The van der Waals surface area contributed by atoms with Gasteiger partial charge in [-0.3, -0.25) is 9.79 Å². The fourth-order valence-electron chi connectivity index (χ4n) is 1.87. The summed E-state index contributed by atoms with van der Waals surface area (Å²) < 4.78 is 10.4. The van der Waals surface area contributed by atoms with Gasteiger partial charge in [0.1, 0.15) is 5.60 Å². The summed E-state index contributed by atoms with van der Waals surface area (Å²) in [5.74, 6) is -0.159. The van der Waals surface area contributed by atoms with Crippen molar-refractivity contribution in [2.75, 3.05) is 26.3 Å². The van der Waals surface area contributed by atoms with E-state index in [2.05, 4.69) is 22.3 Å². The van der Waals surface area contributed by atoms with Gasteiger partial charge >= 0.3 is 6.09 Å². The van der Waals surface area contributed by atoms with Gasteiger partial charge in [-0.05, 0) is 45.2 Å². The molecule has 0 aliphatic rings. The summed E-state index contributed by atoms with van der Waals surface area (Å²) in [6.07, 6.45) is -0.473. The Morgan fingerprint density at radius 3 is 2.24 bits per heavy atom. The van der Waals surface area contributed by atoms with Crippen LogP contribution in [-0.2, 0) is 16.0 Å². The molecule has 1 rings (SSSR count). The molecule has 0 aliphatic carbocycles. The van der Waals surface area contributed by atoms with Crippen molar-refractivity contribution >= 4 is 18.7 Å². The number of alkyl carbamates (subject to hydrolysis) is 1. The van der Waals surface area contributed by atoms with Crippen molar-refractivity contribution < 1.29 is 19.1 Å². The van der Waals surface area contributed by atoms with E-state index in [-0.39, 0.29) is 5.91 Å². The Kier molecular flexibility index (Phi) is 8.63. The monoisotopic (exact) mass is 349 g/mol. The minimum atomic E-state index is -0.518. The Morgan fingerprint density at radius 2 is 1.68 bits per heavy atom. The van der Waals surface area contributed by atoms with E-state index in [1.807, 2.05) is 12.1 Å². The molecule has 0 aliphatic heterocycles. The van der Waals surface area contributed by atoms with Crippen molar-refractivity contribution in [3.63, 3.8) is 0 Å². The minimum Gasteiger partial charge on any atom is -0.444 e. The van der Waals surface area contributed by atoms with E-state index in [4.69, 9.17) is 9.47 Å². The molecular weight excluding hydrogens is 322 g/mol. The fraction of sp³-hybridized carbons (Fsp3) is 0.500. The van der Waals surface area contributed by atoms with Crippen molar-refractivity contribution in [1.82, 2.24) is 10.6 Å². The third-order valence-electron chi connectivity index (χ3n) is 2.96. The van der Waals surface area contributed by atoms with Crippen LogP contribution < -0.4 is 10.6 Å². The topological polar surface area (TPSA) is 89.0 Å². The van der Waals surface area contributed by atoms with Gasteiger partial charge in [-0.2, -0.15) is 0 Å². The number of carbonyl (C=O) groups is 2. The highest BCUT2D eigenvalue weighted by Crippen LogP contribution is 2.06. The molecule has 2 N–H and O–H groups in total. The number of hydrogen-bond donors (Lipinski definition) is 2. The third-order valence-corrected chi connectivity index (χ3v) is 2.96. The lowest BCUT2D eigenvalue weighted by atomic mass is 10.1. The van der Waals surface area contributed by atoms with Gasteiger partial charge in [-0.15, -0.1) is 0 Å². The quantitative estimate of drug-likeness (QED) is 0.528. The first kappa shape index (κ1) is 20.6. The van der Waals surface area contributed by atoms with Crippen LogP contribution in [0.4, 0.5) is 4.79 Å². The normalized spacial score (nSPS) is 10.8. The van der Waals surface area contributed by atoms with Crippen molar-refractivity contribution in [2.24, 2.45) is 4.99 Å². The fourth-order valence-corrected chi connectivity index (χ4v) is 1.87. The van der Waals surface area contributed by atoms with Crippen LogP contribution in [0.15, 0.2) is 29.3 Å². The number of nitrogens with one attached hydrogen (secondary N) is 2. The van der Waals surface area contributed by atoms with Gasteiger partial charge in [0, 0.05) is 18.7 Å². The van der Waals surface area contributed by atoms with Crippen molar-refractivity contribution in [2.45, 2.75) is 32.9 Å². The van der Waals surface area contributed by atoms with E-state index in [9.17, 15) is 9.59 Å². The Morgan fingerprint density at radius 1 is 1.08 bits per heavy atom. The molecule has 138 valence electrons. The predicted octanol–water partition coefficient (Wildman–Crippen LogP) is 2.16. The Hall–Kier alpha value is -2.41. The zero-order chi connectivity index (χ0) is 18.7. The molecule has 0 aromatic heterocycles. The zero-order valence-electron chi connectivity index (χ0n) is 15.1. The first-order valence-electron chi connectivity index (χ1n) is 8.16. The van der Waals surface area contributed by atoms with Crippen LogP contribution in [-0.4, -0.2) is 50.6 Å². The molecule has 25 heavy (non-hydrogen) atoms. The summed E-state index contributed by atoms with van der Waals surface area (Å²) in [4.78, 5) is 27.1. The highest BCUT2D eigenvalue weighted by atomic mass is 16.6. The Bertz CT molecular complexity index is 565. The molecule has 0 saturated heterocycles. The van der Waals surface area contributed by atoms with E-state index in [0.717, 1.165) is 5.56 Å². The summed E-state index contributed by atoms with van der Waals surface area (Å²) >= 11 is 0. The lowest BCUT2D eigenvalue weighted by Gasteiger charge is -2.19. The number of hydrogen-bond acceptors (Lipinski definition) is 5. The maximum atomic E-state index is 11.9. The van der Waals surface area contributed by atoms with Crippen LogP contribution in [0.25, 0.3) is 0 Å².